The van der Waals surface area contributed by atoms with Crippen molar-refractivity contribution in [3.63, 3.8) is 0 Å². The predicted octanol–water partition coefficient (Wildman–Crippen LogP) is 9.86. The molecule has 1 aromatic heterocycles. The van der Waals surface area contributed by atoms with Crippen LogP contribution in [-0.2, 0) is 0 Å². The smallest absolute Gasteiger partial charge is 0.123 e. The Labute approximate surface area is 232 Å². The Morgan fingerprint density at radius 3 is 1.54 bits per heavy atom. The van der Waals surface area contributed by atoms with Gasteiger partial charge in [0.2, 0.25) is 0 Å². The number of fused-ring (bicyclic) bond motifs is 6. The Morgan fingerprint density at radius 2 is 1.03 bits per heavy atom. The number of hydrogen-bond acceptors (Lipinski definition) is 4. The maximum absolute atomic E-state index is 5.45. The van der Waals surface area contributed by atoms with Crippen molar-refractivity contribution in [3.05, 3.63) is 124 Å². The lowest BCUT2D eigenvalue weighted by atomic mass is 9.64. The van der Waals surface area contributed by atoms with Crippen LogP contribution >= 0.6 is 34.9 Å². The summed E-state index contributed by atoms with van der Waals surface area (Å²) in [7, 11) is 0. The first-order chi connectivity index (χ1) is 17.9. The highest BCUT2D eigenvalue weighted by Crippen LogP contribution is 2.76. The zero-order valence-electron chi connectivity index (χ0n) is 21.5. The van der Waals surface area contributed by atoms with Crippen LogP contribution in [0.5, 0.6) is 0 Å². The molecule has 184 valence electrons. The van der Waals surface area contributed by atoms with E-state index in [1.54, 1.807) is 0 Å². The summed E-state index contributed by atoms with van der Waals surface area (Å²) in [5.41, 5.74) is 8.16. The van der Waals surface area contributed by atoms with Gasteiger partial charge in [-0.1, -0.05) is 91.0 Å². The molecule has 3 aromatic carbocycles. The topological polar surface area (TPSA) is 12.9 Å². The van der Waals surface area contributed by atoms with Gasteiger partial charge in [0.15, 0.2) is 0 Å². The third-order valence-corrected chi connectivity index (χ3v) is 13.6. The van der Waals surface area contributed by atoms with Gasteiger partial charge >= 0.3 is 0 Å². The molecule has 1 nitrogen and oxygen atoms in total. The van der Waals surface area contributed by atoms with Crippen LogP contribution in [0.3, 0.4) is 0 Å². The van der Waals surface area contributed by atoms with Gasteiger partial charge in [-0.2, -0.15) is 0 Å². The van der Waals surface area contributed by atoms with Gasteiger partial charge in [-0.3, -0.25) is 0 Å². The summed E-state index contributed by atoms with van der Waals surface area (Å²) in [6, 6.07) is 32.7. The molecule has 3 heterocycles. The summed E-state index contributed by atoms with van der Waals surface area (Å²) in [4.78, 5) is 9.80. The molecule has 4 unspecified atom stereocenters. The maximum atomic E-state index is 5.45. The van der Waals surface area contributed by atoms with Gasteiger partial charge in [0.25, 0.3) is 0 Å². The summed E-state index contributed by atoms with van der Waals surface area (Å²) in [5.74, 6) is 0.627. The van der Waals surface area contributed by atoms with E-state index < -0.39 is 0 Å². The lowest BCUT2D eigenvalue weighted by Gasteiger charge is -2.52. The molecule has 0 saturated heterocycles. The average Bonchev–Trinajstić information content (AvgIpc) is 3.56. The van der Waals surface area contributed by atoms with Crippen molar-refractivity contribution in [2.24, 2.45) is 0 Å². The first-order valence-electron chi connectivity index (χ1n) is 12.9. The van der Waals surface area contributed by atoms with Crippen LogP contribution in [0.1, 0.15) is 61.2 Å². The molecule has 0 amide bonds. The lowest BCUT2D eigenvalue weighted by molar-refractivity contribution is 0.378. The summed E-state index contributed by atoms with van der Waals surface area (Å²) < 4.78 is -0.0205. The summed E-state index contributed by atoms with van der Waals surface area (Å²) in [6.45, 7) is 9.79. The van der Waals surface area contributed by atoms with Crippen LogP contribution in [0.15, 0.2) is 102 Å². The van der Waals surface area contributed by atoms with Crippen LogP contribution < -0.4 is 0 Å². The van der Waals surface area contributed by atoms with Gasteiger partial charge in [0.05, 0.1) is 5.69 Å². The minimum atomic E-state index is -0.0234. The molecule has 1 aliphatic carbocycles. The Kier molecular flexibility index (Phi) is 5.41. The fourth-order valence-corrected chi connectivity index (χ4v) is 11.8. The van der Waals surface area contributed by atoms with Gasteiger partial charge in [-0.25, -0.2) is 4.98 Å². The lowest BCUT2D eigenvalue weighted by Crippen LogP contribution is -2.53. The van der Waals surface area contributed by atoms with Crippen LogP contribution in [0.25, 0.3) is 20.4 Å². The third kappa shape index (κ3) is 3.28. The van der Waals surface area contributed by atoms with Gasteiger partial charge in [-0.05, 0) is 50.0 Å². The molecule has 37 heavy (non-hydrogen) atoms. The number of allylic oxidation sites excluding steroid dienone is 2. The predicted molar refractivity (Wildman–Crippen MR) is 163 cm³/mol. The van der Waals surface area contributed by atoms with Gasteiger partial charge in [0.1, 0.15) is 5.01 Å². The van der Waals surface area contributed by atoms with Crippen molar-refractivity contribution in [3.8, 4) is 10.6 Å². The zero-order valence-corrected chi connectivity index (χ0v) is 23.9. The quantitative estimate of drug-likeness (QED) is 0.259. The van der Waals surface area contributed by atoms with E-state index in [1.807, 2.05) is 11.3 Å². The number of hydrogen-bond donors (Lipinski definition) is 0. The van der Waals surface area contributed by atoms with Crippen molar-refractivity contribution >= 4 is 44.7 Å². The van der Waals surface area contributed by atoms with E-state index in [-0.39, 0.29) is 15.4 Å². The molecule has 4 heteroatoms. The molecule has 4 aromatic rings. The van der Waals surface area contributed by atoms with Crippen LogP contribution in [-0.4, -0.2) is 14.5 Å². The number of rotatable bonds is 3. The van der Waals surface area contributed by atoms with E-state index in [1.165, 1.54) is 48.2 Å². The van der Waals surface area contributed by atoms with Crippen molar-refractivity contribution < 1.29 is 0 Å². The number of benzene rings is 3. The minimum Gasteiger partial charge on any atom is -0.240 e. The van der Waals surface area contributed by atoms with Gasteiger partial charge in [-0.15, -0.1) is 34.9 Å². The molecular weight excluding hydrogens is 507 g/mol. The van der Waals surface area contributed by atoms with Gasteiger partial charge in [0, 0.05) is 41.6 Å². The summed E-state index contributed by atoms with van der Waals surface area (Å²) in [5, 5.41) is 1.15. The number of aromatic nitrogens is 1. The van der Waals surface area contributed by atoms with Crippen LogP contribution in [0, 0.1) is 0 Å². The highest BCUT2D eigenvalue weighted by Gasteiger charge is 2.66. The van der Waals surface area contributed by atoms with Crippen molar-refractivity contribution in [1.29, 1.82) is 0 Å². The molecular formula is C33H29NS3. The molecule has 7 rings (SSSR count). The molecule has 0 spiro atoms. The fraction of sp³-hybridized carbons (Fsp3) is 0.242. The Balaban J connectivity index is 1.47. The molecule has 3 aliphatic rings. The average molecular weight is 536 g/mol. The Bertz CT molecular complexity index is 1470. The fourth-order valence-electron chi connectivity index (χ4n) is 6.69. The Hall–Kier alpha value is -2.53. The number of thiazole rings is 1. The second-order valence-electron chi connectivity index (χ2n) is 10.7. The van der Waals surface area contributed by atoms with Crippen molar-refractivity contribution in [2.75, 3.05) is 0 Å². The zero-order chi connectivity index (χ0) is 25.4. The van der Waals surface area contributed by atoms with E-state index in [9.17, 15) is 0 Å². The number of thioether (sulfide) groups is 2. The van der Waals surface area contributed by atoms with E-state index in [0.29, 0.717) is 5.92 Å². The maximum Gasteiger partial charge on any atom is 0.123 e. The molecule has 0 fully saturated rings. The second kappa shape index (κ2) is 8.49. The van der Waals surface area contributed by atoms with E-state index in [0.717, 1.165) is 5.01 Å². The SMILES string of the molecule is CC1=C(c2ccccc2)SC2(C)C1c1nc(-c3ccccc3)sc1C1C(C)=C(c3ccccc3)SC12C. The normalized spacial score (nSPS) is 28.3. The van der Waals surface area contributed by atoms with Crippen LogP contribution in [0.4, 0.5) is 0 Å². The first kappa shape index (κ1) is 23.6. The standard InChI is InChI=1S/C33H29NS3/c1-20-25-27-30(35-31(34-27)24-18-12-7-13-19-24)26-21(2)29(23-16-10-6-11-17-23)37-33(26,4)32(25,3)36-28(20)22-14-8-5-9-15-22/h5-19,25-26H,1-4H3. The largest absolute Gasteiger partial charge is 0.240 e. The van der Waals surface area contributed by atoms with E-state index in [2.05, 4.69) is 142 Å². The molecule has 0 saturated carbocycles. The molecule has 0 N–H and O–H groups in total. The van der Waals surface area contributed by atoms with Crippen LogP contribution in [0.2, 0.25) is 0 Å². The van der Waals surface area contributed by atoms with Gasteiger partial charge < -0.3 is 0 Å². The highest BCUT2D eigenvalue weighted by molar-refractivity contribution is 8.14. The van der Waals surface area contributed by atoms with E-state index in [4.69, 9.17) is 4.98 Å². The van der Waals surface area contributed by atoms with Crippen molar-refractivity contribution in [1.82, 2.24) is 4.98 Å². The summed E-state index contributed by atoms with van der Waals surface area (Å²) in [6.07, 6.45) is 0. The summed E-state index contributed by atoms with van der Waals surface area (Å²) >= 11 is 6.13. The Morgan fingerprint density at radius 1 is 0.595 bits per heavy atom. The van der Waals surface area contributed by atoms with Crippen molar-refractivity contribution in [2.45, 2.75) is 49.0 Å². The van der Waals surface area contributed by atoms with E-state index >= 15 is 0 Å². The monoisotopic (exact) mass is 535 g/mol. The molecule has 4 atom stereocenters. The minimum absolute atomic E-state index is 0.00285. The molecule has 0 bridgehead atoms. The first-order valence-corrected chi connectivity index (χ1v) is 15.3. The second-order valence-corrected chi connectivity index (χ2v) is 14.6. The third-order valence-electron chi connectivity index (χ3n) is 8.61. The molecule has 0 radical (unpaired) electrons. The molecule has 2 aliphatic heterocycles. The highest BCUT2D eigenvalue weighted by atomic mass is 32.2. The number of nitrogens with zero attached hydrogens (tertiary/aromatic N) is 1.